The first-order valence-corrected chi connectivity index (χ1v) is 8.60. The molecule has 2 N–H and O–H groups in total. The summed E-state index contributed by atoms with van der Waals surface area (Å²) in [6, 6.07) is 0. The molecule has 1 aromatic heterocycles. The third-order valence-corrected chi connectivity index (χ3v) is 4.05. The number of hydrogen-bond donors (Lipinski definition) is 2. The molecule has 0 saturated carbocycles. The minimum atomic E-state index is 0.117. The lowest BCUT2D eigenvalue weighted by Crippen LogP contribution is -2.37. The molecular formula is C16H30N4S. The second-order valence-electron chi connectivity index (χ2n) is 6.77. The third-order valence-electron chi connectivity index (χ3n) is 3.20. The normalized spacial score (nSPS) is 12.8. The Morgan fingerprint density at radius 2 is 2.05 bits per heavy atom. The van der Waals surface area contributed by atoms with E-state index in [9.17, 15) is 0 Å². The Bertz CT molecular complexity index is 443. The molecule has 21 heavy (non-hydrogen) atoms. The van der Waals surface area contributed by atoms with Crippen LogP contribution in [0, 0.1) is 5.92 Å². The Kier molecular flexibility index (Phi) is 7.15. The molecular weight excluding hydrogens is 280 g/mol. The van der Waals surface area contributed by atoms with Crippen molar-refractivity contribution in [3.05, 3.63) is 16.1 Å². The SMILES string of the molecule is CN=C(NCCCC(C)C)NCc1nc(C(C)(C)C)cs1. The van der Waals surface area contributed by atoms with Crippen LogP contribution in [0.3, 0.4) is 0 Å². The highest BCUT2D eigenvalue weighted by atomic mass is 32.1. The van der Waals surface area contributed by atoms with Gasteiger partial charge in [0.15, 0.2) is 5.96 Å². The van der Waals surface area contributed by atoms with Gasteiger partial charge in [-0.2, -0.15) is 0 Å². The Balaban J connectivity index is 2.37. The van der Waals surface area contributed by atoms with Gasteiger partial charge in [0.2, 0.25) is 0 Å². The summed E-state index contributed by atoms with van der Waals surface area (Å²) in [4.78, 5) is 8.93. The van der Waals surface area contributed by atoms with E-state index in [-0.39, 0.29) is 5.41 Å². The Labute approximate surface area is 133 Å². The van der Waals surface area contributed by atoms with Crippen molar-refractivity contribution < 1.29 is 0 Å². The van der Waals surface area contributed by atoms with E-state index in [2.05, 4.69) is 60.6 Å². The number of hydrogen-bond acceptors (Lipinski definition) is 3. The van der Waals surface area contributed by atoms with Gasteiger partial charge < -0.3 is 10.6 Å². The molecule has 120 valence electrons. The standard InChI is InChI=1S/C16H30N4S/c1-12(2)8-7-9-18-15(17-6)19-10-14-20-13(11-21-14)16(3,4)5/h11-12H,7-10H2,1-6H3,(H2,17,18,19). The van der Waals surface area contributed by atoms with Crippen LogP contribution in [0.4, 0.5) is 0 Å². The van der Waals surface area contributed by atoms with Crippen LogP contribution < -0.4 is 10.6 Å². The van der Waals surface area contributed by atoms with Crippen molar-refractivity contribution in [1.82, 2.24) is 15.6 Å². The van der Waals surface area contributed by atoms with Crippen LogP contribution in [0.5, 0.6) is 0 Å². The van der Waals surface area contributed by atoms with Crippen molar-refractivity contribution >= 4 is 17.3 Å². The molecule has 0 fully saturated rings. The van der Waals surface area contributed by atoms with Crippen molar-refractivity contribution in [2.75, 3.05) is 13.6 Å². The fourth-order valence-electron chi connectivity index (χ4n) is 1.83. The molecule has 0 amide bonds. The third kappa shape index (κ3) is 6.93. The van der Waals surface area contributed by atoms with Gasteiger partial charge >= 0.3 is 0 Å². The van der Waals surface area contributed by atoms with Crippen molar-refractivity contribution in [2.45, 2.75) is 59.4 Å². The average Bonchev–Trinajstić information content (AvgIpc) is 2.86. The number of aromatic nitrogens is 1. The molecule has 0 atom stereocenters. The van der Waals surface area contributed by atoms with Gasteiger partial charge in [0.25, 0.3) is 0 Å². The molecule has 1 rings (SSSR count). The lowest BCUT2D eigenvalue weighted by Gasteiger charge is -2.14. The van der Waals surface area contributed by atoms with Crippen LogP contribution in [0.1, 0.15) is 58.2 Å². The van der Waals surface area contributed by atoms with E-state index < -0.39 is 0 Å². The Morgan fingerprint density at radius 1 is 1.33 bits per heavy atom. The molecule has 0 bridgehead atoms. The maximum absolute atomic E-state index is 4.68. The summed E-state index contributed by atoms with van der Waals surface area (Å²) in [6.45, 7) is 12.8. The van der Waals surface area contributed by atoms with E-state index in [0.717, 1.165) is 35.7 Å². The van der Waals surface area contributed by atoms with Crippen molar-refractivity contribution in [2.24, 2.45) is 10.9 Å². The molecule has 1 aromatic rings. The largest absolute Gasteiger partial charge is 0.356 e. The second-order valence-corrected chi connectivity index (χ2v) is 7.71. The van der Waals surface area contributed by atoms with Crippen LogP contribution in [0.15, 0.2) is 10.4 Å². The maximum Gasteiger partial charge on any atom is 0.191 e. The second kappa shape index (κ2) is 8.37. The summed E-state index contributed by atoms with van der Waals surface area (Å²) in [5.41, 5.74) is 1.27. The van der Waals surface area contributed by atoms with E-state index in [1.54, 1.807) is 18.4 Å². The van der Waals surface area contributed by atoms with E-state index >= 15 is 0 Å². The molecule has 5 heteroatoms. The summed E-state index contributed by atoms with van der Waals surface area (Å²) < 4.78 is 0. The molecule has 0 aliphatic heterocycles. The van der Waals surface area contributed by atoms with Crippen molar-refractivity contribution in [1.29, 1.82) is 0 Å². The summed E-state index contributed by atoms with van der Waals surface area (Å²) in [5, 5.41) is 9.92. The molecule has 0 radical (unpaired) electrons. The fourth-order valence-corrected chi connectivity index (χ4v) is 2.79. The topological polar surface area (TPSA) is 49.3 Å². The number of aliphatic imine (C=N–C) groups is 1. The number of rotatable bonds is 6. The number of thiazole rings is 1. The monoisotopic (exact) mass is 310 g/mol. The molecule has 0 aromatic carbocycles. The van der Waals surface area contributed by atoms with Gasteiger partial charge in [0, 0.05) is 24.4 Å². The van der Waals surface area contributed by atoms with Gasteiger partial charge in [0.05, 0.1) is 12.2 Å². The van der Waals surface area contributed by atoms with Gasteiger partial charge in [-0.15, -0.1) is 11.3 Å². The number of guanidine groups is 1. The Morgan fingerprint density at radius 3 is 2.57 bits per heavy atom. The van der Waals surface area contributed by atoms with E-state index in [1.165, 1.54) is 12.8 Å². The minimum absolute atomic E-state index is 0.117. The average molecular weight is 311 g/mol. The van der Waals surface area contributed by atoms with Crippen LogP contribution in [0.25, 0.3) is 0 Å². The zero-order chi connectivity index (χ0) is 15.9. The van der Waals surface area contributed by atoms with E-state index in [1.807, 2.05) is 0 Å². The predicted molar refractivity (Wildman–Crippen MR) is 93.1 cm³/mol. The quantitative estimate of drug-likeness (QED) is 0.480. The molecule has 0 spiro atoms. The Hall–Kier alpha value is -1.10. The first-order valence-electron chi connectivity index (χ1n) is 7.72. The van der Waals surface area contributed by atoms with Gasteiger partial charge in [-0.25, -0.2) is 4.98 Å². The highest BCUT2D eigenvalue weighted by Gasteiger charge is 2.17. The molecule has 0 aliphatic carbocycles. The summed E-state index contributed by atoms with van der Waals surface area (Å²) >= 11 is 1.70. The zero-order valence-corrected chi connectivity index (χ0v) is 15.1. The fraction of sp³-hybridized carbons (Fsp3) is 0.750. The first kappa shape index (κ1) is 18.0. The van der Waals surface area contributed by atoms with Crippen LogP contribution in [-0.2, 0) is 12.0 Å². The summed E-state index contributed by atoms with van der Waals surface area (Å²) in [7, 11) is 1.81. The molecule has 1 heterocycles. The first-order chi connectivity index (χ1) is 9.82. The van der Waals surface area contributed by atoms with E-state index in [0.29, 0.717) is 0 Å². The van der Waals surface area contributed by atoms with Crippen LogP contribution in [-0.4, -0.2) is 24.5 Å². The van der Waals surface area contributed by atoms with Gasteiger partial charge in [-0.1, -0.05) is 34.6 Å². The van der Waals surface area contributed by atoms with E-state index in [4.69, 9.17) is 0 Å². The predicted octanol–water partition coefficient (Wildman–Crippen LogP) is 3.54. The number of nitrogens with one attached hydrogen (secondary N) is 2. The van der Waals surface area contributed by atoms with Crippen molar-refractivity contribution in [3.63, 3.8) is 0 Å². The molecule has 4 nitrogen and oxygen atoms in total. The van der Waals surface area contributed by atoms with Gasteiger partial charge in [0.1, 0.15) is 5.01 Å². The number of nitrogens with zero attached hydrogens (tertiary/aromatic N) is 2. The highest BCUT2D eigenvalue weighted by Crippen LogP contribution is 2.23. The smallest absolute Gasteiger partial charge is 0.191 e. The lowest BCUT2D eigenvalue weighted by molar-refractivity contribution is 0.549. The van der Waals surface area contributed by atoms with Gasteiger partial charge in [-0.3, -0.25) is 4.99 Å². The van der Waals surface area contributed by atoms with Crippen molar-refractivity contribution in [3.8, 4) is 0 Å². The van der Waals surface area contributed by atoms with Gasteiger partial charge in [-0.05, 0) is 18.8 Å². The zero-order valence-electron chi connectivity index (χ0n) is 14.3. The molecule has 0 saturated heterocycles. The summed E-state index contributed by atoms with van der Waals surface area (Å²) in [6.07, 6.45) is 2.41. The van der Waals surface area contributed by atoms with Crippen LogP contribution in [0.2, 0.25) is 0 Å². The lowest BCUT2D eigenvalue weighted by atomic mass is 9.93. The maximum atomic E-state index is 4.68. The summed E-state index contributed by atoms with van der Waals surface area (Å²) in [5.74, 6) is 1.61. The highest BCUT2D eigenvalue weighted by molar-refractivity contribution is 7.09. The van der Waals surface area contributed by atoms with Crippen LogP contribution >= 0.6 is 11.3 Å². The molecule has 0 aliphatic rings. The molecule has 0 unspecified atom stereocenters. The minimum Gasteiger partial charge on any atom is -0.356 e.